The van der Waals surface area contributed by atoms with Crippen LogP contribution in [0.1, 0.15) is 65.2 Å². The first kappa shape index (κ1) is 16.6. The molecule has 21 heavy (non-hydrogen) atoms. The highest BCUT2D eigenvalue weighted by atomic mass is 15.2. The molecule has 2 aliphatic rings. The van der Waals surface area contributed by atoms with Crippen molar-refractivity contribution in [1.29, 1.82) is 0 Å². The number of nitrogens with one attached hydrogen (secondary N) is 1. The van der Waals surface area contributed by atoms with E-state index < -0.39 is 0 Å². The summed E-state index contributed by atoms with van der Waals surface area (Å²) in [5.41, 5.74) is 6.34. The molecule has 0 unspecified atom stereocenters. The van der Waals surface area contributed by atoms with Crippen LogP contribution in [0.2, 0.25) is 0 Å². The van der Waals surface area contributed by atoms with Crippen LogP contribution < -0.4 is 11.1 Å². The molecule has 1 aliphatic carbocycles. The van der Waals surface area contributed by atoms with Gasteiger partial charge in [-0.25, -0.2) is 0 Å². The number of nitrogens with two attached hydrogens (primary N) is 1. The number of aliphatic imine (C=N–C) groups is 1. The Morgan fingerprint density at radius 2 is 1.71 bits per heavy atom. The smallest absolute Gasteiger partial charge is 0.188 e. The summed E-state index contributed by atoms with van der Waals surface area (Å²) in [4.78, 5) is 7.44. The molecule has 1 saturated heterocycles. The van der Waals surface area contributed by atoms with E-state index in [2.05, 4.69) is 24.1 Å². The van der Waals surface area contributed by atoms with E-state index in [0.717, 1.165) is 13.1 Å². The van der Waals surface area contributed by atoms with Crippen molar-refractivity contribution in [1.82, 2.24) is 10.2 Å². The van der Waals surface area contributed by atoms with E-state index in [4.69, 9.17) is 10.7 Å². The molecular formula is C17H34N4. The lowest BCUT2D eigenvalue weighted by Crippen LogP contribution is -2.54. The monoisotopic (exact) mass is 294 g/mol. The molecule has 0 aromatic carbocycles. The predicted octanol–water partition coefficient (Wildman–Crippen LogP) is 2.74. The largest absolute Gasteiger partial charge is 0.370 e. The molecular weight excluding hydrogens is 260 g/mol. The predicted molar refractivity (Wildman–Crippen MR) is 90.6 cm³/mol. The number of rotatable bonds is 5. The lowest BCUT2D eigenvalue weighted by atomic mass is 9.79. The first-order valence-corrected chi connectivity index (χ1v) is 8.91. The Morgan fingerprint density at radius 3 is 2.33 bits per heavy atom. The fourth-order valence-electron chi connectivity index (χ4n) is 3.75. The summed E-state index contributed by atoms with van der Waals surface area (Å²) in [5.74, 6) is 1.23. The summed E-state index contributed by atoms with van der Waals surface area (Å²) >= 11 is 0. The maximum atomic E-state index is 6.05. The molecule has 0 aromatic rings. The van der Waals surface area contributed by atoms with Gasteiger partial charge < -0.3 is 11.1 Å². The number of hydrogen-bond donors (Lipinski definition) is 2. The van der Waals surface area contributed by atoms with Crippen LogP contribution in [0.15, 0.2) is 4.99 Å². The second kappa shape index (κ2) is 8.02. The number of piperidine rings is 1. The standard InChI is InChI=1S/C17H34N4/c1-15(2)13-19-16(18)20-14-17(9-5-3-6-10-17)21-11-7-4-8-12-21/h15H,3-14H2,1-2H3,(H3,18,19,20). The Kier molecular flexibility index (Phi) is 6.34. The van der Waals surface area contributed by atoms with E-state index >= 15 is 0 Å². The third-order valence-electron chi connectivity index (χ3n) is 5.05. The van der Waals surface area contributed by atoms with Crippen LogP contribution in [0.3, 0.4) is 0 Å². The normalized spacial score (nSPS) is 24.2. The minimum absolute atomic E-state index is 0.294. The van der Waals surface area contributed by atoms with Crippen molar-refractivity contribution in [3.05, 3.63) is 0 Å². The van der Waals surface area contributed by atoms with Crippen molar-refractivity contribution in [3.63, 3.8) is 0 Å². The average Bonchev–Trinajstić information content (AvgIpc) is 2.52. The topological polar surface area (TPSA) is 53.6 Å². The summed E-state index contributed by atoms with van der Waals surface area (Å²) in [5, 5.41) is 3.25. The van der Waals surface area contributed by atoms with Gasteiger partial charge in [0, 0.05) is 12.1 Å². The Balaban J connectivity index is 1.97. The molecule has 3 N–H and O–H groups in total. The van der Waals surface area contributed by atoms with Crippen LogP contribution in [-0.2, 0) is 0 Å². The van der Waals surface area contributed by atoms with Gasteiger partial charge in [0.25, 0.3) is 0 Å². The molecule has 2 rings (SSSR count). The number of nitrogens with zero attached hydrogens (tertiary/aromatic N) is 2. The summed E-state index contributed by atoms with van der Waals surface area (Å²) in [7, 11) is 0. The highest BCUT2D eigenvalue weighted by Gasteiger charge is 2.38. The van der Waals surface area contributed by atoms with Gasteiger partial charge in [-0.2, -0.15) is 0 Å². The van der Waals surface area contributed by atoms with Crippen LogP contribution in [0, 0.1) is 5.92 Å². The second-order valence-corrected chi connectivity index (χ2v) is 7.31. The molecule has 0 amide bonds. The first-order chi connectivity index (χ1) is 10.1. The van der Waals surface area contributed by atoms with Crippen LogP contribution in [-0.4, -0.2) is 42.6 Å². The van der Waals surface area contributed by atoms with Crippen molar-refractivity contribution in [2.45, 2.75) is 70.8 Å². The Labute approximate surface area is 130 Å². The van der Waals surface area contributed by atoms with Crippen molar-refractivity contribution >= 4 is 5.96 Å². The highest BCUT2D eigenvalue weighted by molar-refractivity contribution is 5.77. The number of hydrogen-bond acceptors (Lipinski definition) is 2. The summed E-state index contributed by atoms with van der Waals surface area (Å²) in [6, 6.07) is 0. The van der Waals surface area contributed by atoms with Gasteiger partial charge in [-0.1, -0.05) is 39.5 Å². The van der Waals surface area contributed by atoms with Gasteiger partial charge in [-0.05, 0) is 44.7 Å². The van der Waals surface area contributed by atoms with Gasteiger partial charge in [-0.3, -0.25) is 9.89 Å². The summed E-state index contributed by atoms with van der Waals surface area (Å²) in [6.45, 7) is 8.69. The van der Waals surface area contributed by atoms with Gasteiger partial charge in [0.15, 0.2) is 5.96 Å². The SMILES string of the molecule is CC(C)CNC(N)=NCC1(N2CCCCC2)CCCCC1. The zero-order valence-corrected chi connectivity index (χ0v) is 14.0. The zero-order chi connectivity index (χ0) is 15.1. The second-order valence-electron chi connectivity index (χ2n) is 7.31. The molecule has 0 aromatic heterocycles. The van der Waals surface area contributed by atoms with Gasteiger partial charge in [0.1, 0.15) is 0 Å². The van der Waals surface area contributed by atoms with Crippen molar-refractivity contribution in [2.75, 3.05) is 26.2 Å². The lowest BCUT2D eigenvalue weighted by Gasteiger charge is -2.47. The van der Waals surface area contributed by atoms with E-state index in [9.17, 15) is 0 Å². The molecule has 2 fully saturated rings. The summed E-state index contributed by atoms with van der Waals surface area (Å²) in [6.07, 6.45) is 10.8. The third-order valence-corrected chi connectivity index (χ3v) is 5.05. The lowest BCUT2D eigenvalue weighted by molar-refractivity contribution is 0.0407. The zero-order valence-electron chi connectivity index (χ0n) is 14.0. The fraction of sp³-hybridized carbons (Fsp3) is 0.941. The van der Waals surface area contributed by atoms with E-state index in [1.807, 2.05) is 0 Å². The van der Waals surface area contributed by atoms with E-state index in [-0.39, 0.29) is 0 Å². The minimum Gasteiger partial charge on any atom is -0.370 e. The molecule has 1 saturated carbocycles. The molecule has 0 bridgehead atoms. The van der Waals surface area contributed by atoms with E-state index in [1.54, 1.807) is 0 Å². The maximum Gasteiger partial charge on any atom is 0.188 e. The van der Waals surface area contributed by atoms with Gasteiger partial charge in [0.05, 0.1) is 6.54 Å². The molecule has 0 spiro atoms. The van der Waals surface area contributed by atoms with Crippen molar-refractivity contribution < 1.29 is 0 Å². The van der Waals surface area contributed by atoms with Gasteiger partial charge in [-0.15, -0.1) is 0 Å². The molecule has 4 heteroatoms. The molecule has 0 radical (unpaired) electrons. The third kappa shape index (κ3) is 4.87. The van der Waals surface area contributed by atoms with Crippen molar-refractivity contribution in [3.8, 4) is 0 Å². The highest BCUT2D eigenvalue weighted by Crippen LogP contribution is 2.35. The van der Waals surface area contributed by atoms with Gasteiger partial charge in [0.2, 0.25) is 0 Å². The minimum atomic E-state index is 0.294. The molecule has 1 aliphatic heterocycles. The van der Waals surface area contributed by atoms with Crippen LogP contribution >= 0.6 is 0 Å². The Morgan fingerprint density at radius 1 is 1.10 bits per heavy atom. The molecule has 0 atom stereocenters. The summed E-state index contributed by atoms with van der Waals surface area (Å²) < 4.78 is 0. The Bertz CT molecular complexity index is 326. The number of guanidine groups is 1. The maximum absolute atomic E-state index is 6.05. The molecule has 1 heterocycles. The van der Waals surface area contributed by atoms with Crippen LogP contribution in [0.5, 0.6) is 0 Å². The first-order valence-electron chi connectivity index (χ1n) is 8.91. The number of likely N-dealkylation sites (tertiary alicyclic amines) is 1. The molecule has 4 nitrogen and oxygen atoms in total. The fourth-order valence-corrected chi connectivity index (χ4v) is 3.75. The molecule has 122 valence electrons. The van der Waals surface area contributed by atoms with E-state index in [0.29, 0.717) is 17.4 Å². The van der Waals surface area contributed by atoms with Crippen LogP contribution in [0.25, 0.3) is 0 Å². The quantitative estimate of drug-likeness (QED) is 0.605. The Hall–Kier alpha value is -0.770. The van der Waals surface area contributed by atoms with Crippen molar-refractivity contribution in [2.24, 2.45) is 16.6 Å². The average molecular weight is 294 g/mol. The van der Waals surface area contributed by atoms with Crippen LogP contribution in [0.4, 0.5) is 0 Å². The van der Waals surface area contributed by atoms with E-state index in [1.165, 1.54) is 64.5 Å². The van der Waals surface area contributed by atoms with Gasteiger partial charge >= 0.3 is 0 Å².